The number of rotatable bonds is 42. The van der Waals surface area contributed by atoms with Gasteiger partial charge in [0, 0.05) is 24.4 Å². The van der Waals surface area contributed by atoms with E-state index in [9.17, 15) is 14.0 Å². The first-order chi connectivity index (χ1) is 37.7. The molecular weight excluding hydrogens is 964 g/mol. The molecular formula is C67H99FN2O7. The van der Waals surface area contributed by atoms with Crippen molar-refractivity contribution >= 4 is 11.8 Å². The summed E-state index contributed by atoms with van der Waals surface area (Å²) in [5.74, 6) is 0.191. The summed E-state index contributed by atoms with van der Waals surface area (Å²) in [6, 6.07) is 36.0. The Morgan fingerprint density at radius 1 is 0.558 bits per heavy atom. The molecule has 10 heteroatoms. The van der Waals surface area contributed by atoms with Gasteiger partial charge in [-0.3, -0.25) is 9.59 Å². The summed E-state index contributed by atoms with van der Waals surface area (Å²) in [5.41, 5.74) is 3.77. The standard InChI is InChI=1S/C67H99FN2O7/c1-5-6-7-8-9-10-11-12-14-17-20-32-41-62(74-49-57-37-28-24-29-38-57)65(75-50-58-39-30-25-31-40-58)61(51-76-67-55(4)53(2)54(3)63(77-67)52-73-48-56-35-26-23-27-36-56)70-64(71)42-33-21-18-15-13-16-19-22-34-47-69-66(72)59-43-45-60(68)46-44-59/h23-31,35-40,43-46,53-55,61-63,65,67H,5-22,32-34,41-42,47-52H2,1-4H3,(H,69,72)(H,70,71)/t53-,54+,55?,61-,62+,63?,65-,67-/m0/s1. The summed E-state index contributed by atoms with van der Waals surface area (Å²) in [5, 5.41) is 6.42. The maximum Gasteiger partial charge on any atom is 0.251 e. The van der Waals surface area contributed by atoms with Crippen molar-refractivity contribution in [3.8, 4) is 0 Å². The quantitative estimate of drug-likeness (QED) is 0.0426. The lowest BCUT2D eigenvalue weighted by Crippen LogP contribution is -2.54. The molecule has 9 nitrogen and oxygen atoms in total. The highest BCUT2D eigenvalue weighted by molar-refractivity contribution is 5.94. The molecule has 2 N–H and O–H groups in total. The lowest BCUT2D eigenvalue weighted by Gasteiger charge is -2.44. The molecule has 0 bridgehead atoms. The minimum Gasteiger partial charge on any atom is -0.374 e. The number of carbonyl (C=O) groups excluding carboxylic acids is 2. The Kier molecular flexibility index (Phi) is 32.1. The van der Waals surface area contributed by atoms with E-state index >= 15 is 0 Å². The fraction of sp³-hybridized carbons (Fsp3) is 0.612. The molecule has 0 radical (unpaired) electrons. The smallest absolute Gasteiger partial charge is 0.251 e. The fourth-order valence-electron chi connectivity index (χ4n) is 10.5. The molecule has 4 aromatic carbocycles. The molecule has 8 atom stereocenters. The first kappa shape index (κ1) is 63.4. The number of hydrogen-bond acceptors (Lipinski definition) is 7. The van der Waals surface area contributed by atoms with Gasteiger partial charge in [0.2, 0.25) is 5.91 Å². The molecule has 77 heavy (non-hydrogen) atoms. The highest BCUT2D eigenvalue weighted by atomic mass is 19.1. The van der Waals surface area contributed by atoms with E-state index in [1.165, 1.54) is 88.5 Å². The molecule has 426 valence electrons. The van der Waals surface area contributed by atoms with E-state index < -0.39 is 18.4 Å². The highest BCUT2D eigenvalue weighted by Crippen LogP contribution is 2.36. The monoisotopic (exact) mass is 1060 g/mol. The van der Waals surface area contributed by atoms with Gasteiger partial charge in [0.25, 0.3) is 5.91 Å². The van der Waals surface area contributed by atoms with E-state index in [0.717, 1.165) is 93.7 Å². The van der Waals surface area contributed by atoms with Crippen molar-refractivity contribution in [2.45, 2.75) is 226 Å². The Labute approximate surface area is 464 Å². The molecule has 0 spiro atoms. The second-order valence-corrected chi connectivity index (χ2v) is 22.1. The Morgan fingerprint density at radius 3 is 1.61 bits per heavy atom. The minimum absolute atomic E-state index is 0.00241. The first-order valence-electron chi connectivity index (χ1n) is 30.2. The van der Waals surface area contributed by atoms with Crippen molar-refractivity contribution in [2.75, 3.05) is 19.8 Å². The second-order valence-electron chi connectivity index (χ2n) is 22.1. The lowest BCUT2D eigenvalue weighted by molar-refractivity contribution is -0.262. The zero-order chi connectivity index (χ0) is 54.6. The van der Waals surface area contributed by atoms with Crippen molar-refractivity contribution in [3.05, 3.63) is 143 Å². The van der Waals surface area contributed by atoms with Crippen molar-refractivity contribution in [3.63, 3.8) is 0 Å². The normalized spacial score (nSPS) is 18.6. The summed E-state index contributed by atoms with van der Waals surface area (Å²) in [7, 11) is 0. The highest BCUT2D eigenvalue weighted by Gasteiger charge is 2.41. The molecule has 0 saturated carbocycles. The van der Waals surface area contributed by atoms with Gasteiger partial charge in [-0.25, -0.2) is 4.39 Å². The number of benzene rings is 4. The molecule has 1 aliphatic heterocycles. The Morgan fingerprint density at radius 2 is 1.05 bits per heavy atom. The largest absolute Gasteiger partial charge is 0.374 e. The summed E-state index contributed by atoms with van der Waals surface area (Å²) in [4.78, 5) is 26.6. The zero-order valence-electron chi connectivity index (χ0n) is 47.8. The number of hydrogen-bond donors (Lipinski definition) is 2. The summed E-state index contributed by atoms with van der Waals surface area (Å²) < 4.78 is 47.3. The van der Waals surface area contributed by atoms with Crippen LogP contribution in [0.5, 0.6) is 0 Å². The molecule has 5 rings (SSSR count). The van der Waals surface area contributed by atoms with Crippen LogP contribution in [0.3, 0.4) is 0 Å². The predicted octanol–water partition coefficient (Wildman–Crippen LogP) is 16.1. The third-order valence-electron chi connectivity index (χ3n) is 15.8. The summed E-state index contributed by atoms with van der Waals surface area (Å²) in [6.45, 7) is 11.7. The molecule has 1 aliphatic rings. The molecule has 0 aliphatic carbocycles. The van der Waals surface area contributed by atoms with Gasteiger partial charge in [-0.2, -0.15) is 0 Å². The van der Waals surface area contributed by atoms with E-state index in [0.29, 0.717) is 50.9 Å². The maximum atomic E-state index is 14.2. The number of unbranched alkanes of at least 4 members (excludes halogenated alkanes) is 19. The van der Waals surface area contributed by atoms with E-state index in [4.69, 9.17) is 23.7 Å². The van der Waals surface area contributed by atoms with Crippen LogP contribution in [-0.4, -0.2) is 62.2 Å². The van der Waals surface area contributed by atoms with Gasteiger partial charge in [-0.15, -0.1) is 0 Å². The average Bonchev–Trinajstić information content (AvgIpc) is 3.45. The molecule has 2 amide bonds. The molecule has 1 saturated heterocycles. The molecule has 1 fully saturated rings. The second kappa shape index (κ2) is 39.0. The van der Waals surface area contributed by atoms with E-state index in [2.05, 4.69) is 86.9 Å². The Bertz CT molecular complexity index is 2100. The number of halogens is 1. The number of nitrogens with one attached hydrogen (secondary N) is 2. The van der Waals surface area contributed by atoms with E-state index in [1.807, 2.05) is 42.5 Å². The SMILES string of the molecule is CCCCCCCCCCCCCC[C@@H](OCc1ccccc1)[C@@H](OCc1ccccc1)[C@H](CO[C@H]1OC(COCc2ccccc2)[C@H](C)[C@H](C)C1C)NC(=O)CCCCCCCCCCCNC(=O)c1ccc(F)cc1. The Balaban J connectivity index is 1.21. The van der Waals surface area contributed by atoms with Crippen LogP contribution in [0, 0.1) is 23.6 Å². The van der Waals surface area contributed by atoms with Crippen LogP contribution in [0.15, 0.2) is 115 Å². The van der Waals surface area contributed by atoms with Gasteiger partial charge in [-0.1, -0.05) is 241 Å². The fourth-order valence-corrected chi connectivity index (χ4v) is 10.5. The van der Waals surface area contributed by atoms with Crippen LogP contribution < -0.4 is 10.6 Å². The van der Waals surface area contributed by atoms with E-state index in [-0.39, 0.29) is 48.3 Å². The number of amides is 2. The maximum absolute atomic E-state index is 14.2. The van der Waals surface area contributed by atoms with Crippen molar-refractivity contribution in [1.82, 2.24) is 10.6 Å². The number of ether oxygens (including phenoxy) is 5. The van der Waals surface area contributed by atoms with Crippen LogP contribution in [0.25, 0.3) is 0 Å². The minimum atomic E-state index is -0.501. The topological polar surface area (TPSA) is 104 Å². The van der Waals surface area contributed by atoms with Crippen molar-refractivity contribution < 1.29 is 37.7 Å². The van der Waals surface area contributed by atoms with Crippen LogP contribution in [0.1, 0.15) is 202 Å². The van der Waals surface area contributed by atoms with Crippen LogP contribution in [0.2, 0.25) is 0 Å². The van der Waals surface area contributed by atoms with Crippen LogP contribution in [-0.2, 0) is 48.3 Å². The zero-order valence-corrected chi connectivity index (χ0v) is 47.8. The van der Waals surface area contributed by atoms with Gasteiger partial charge >= 0.3 is 0 Å². The van der Waals surface area contributed by atoms with E-state index in [1.54, 1.807) is 0 Å². The van der Waals surface area contributed by atoms with Gasteiger partial charge in [0.1, 0.15) is 11.9 Å². The number of carbonyl (C=O) groups is 2. The summed E-state index contributed by atoms with van der Waals surface area (Å²) in [6.07, 6.45) is 24.4. The summed E-state index contributed by atoms with van der Waals surface area (Å²) >= 11 is 0. The van der Waals surface area contributed by atoms with Gasteiger partial charge < -0.3 is 34.3 Å². The molecule has 1 heterocycles. The molecule has 0 aromatic heterocycles. The molecule has 4 aromatic rings. The first-order valence-corrected chi connectivity index (χ1v) is 30.2. The van der Waals surface area contributed by atoms with Gasteiger partial charge in [0.15, 0.2) is 6.29 Å². The van der Waals surface area contributed by atoms with Crippen molar-refractivity contribution in [2.24, 2.45) is 17.8 Å². The third kappa shape index (κ3) is 25.9. The lowest BCUT2D eigenvalue weighted by atomic mass is 9.79. The van der Waals surface area contributed by atoms with Crippen molar-refractivity contribution in [1.29, 1.82) is 0 Å². The van der Waals surface area contributed by atoms with Crippen LogP contribution in [0.4, 0.5) is 4.39 Å². The Hall–Kier alpha value is -4.45. The van der Waals surface area contributed by atoms with Crippen LogP contribution >= 0.6 is 0 Å². The van der Waals surface area contributed by atoms with Gasteiger partial charge in [-0.05, 0) is 72.1 Å². The predicted molar refractivity (Wildman–Crippen MR) is 311 cm³/mol. The third-order valence-corrected chi connectivity index (χ3v) is 15.8. The van der Waals surface area contributed by atoms with Gasteiger partial charge in [0.05, 0.1) is 51.3 Å². The average molecular weight is 1060 g/mol. The molecule has 2 unspecified atom stereocenters.